The number of hydrogen-bond acceptors (Lipinski definition) is 1. The van der Waals surface area contributed by atoms with Crippen molar-refractivity contribution in [1.82, 2.24) is 5.32 Å². The Morgan fingerprint density at radius 3 is 1.31 bits per heavy atom. The molecular formula is C14H32BrN. The third-order valence-corrected chi connectivity index (χ3v) is 3.05. The normalized spacial score (nSPS) is 9.75. The SMILES string of the molecule is CCCCCCCCCCCCBr.CNC. The Morgan fingerprint density at radius 2 is 1.00 bits per heavy atom. The number of unbranched alkanes of at least 4 members (excludes halogenated alkanes) is 9. The Hall–Kier alpha value is 0.440. The van der Waals surface area contributed by atoms with E-state index in [9.17, 15) is 0 Å². The molecule has 0 aromatic heterocycles. The lowest BCUT2D eigenvalue weighted by Crippen LogP contribution is -1.89. The van der Waals surface area contributed by atoms with Crippen LogP contribution in [-0.4, -0.2) is 19.4 Å². The van der Waals surface area contributed by atoms with Crippen molar-refractivity contribution in [2.24, 2.45) is 0 Å². The minimum Gasteiger partial charge on any atom is -0.323 e. The summed E-state index contributed by atoms with van der Waals surface area (Å²) in [6.07, 6.45) is 14.3. The molecule has 0 unspecified atom stereocenters. The van der Waals surface area contributed by atoms with Gasteiger partial charge in [-0.25, -0.2) is 0 Å². The molecule has 0 rings (SSSR count). The monoisotopic (exact) mass is 293 g/mol. The van der Waals surface area contributed by atoms with Gasteiger partial charge in [0.2, 0.25) is 0 Å². The van der Waals surface area contributed by atoms with Gasteiger partial charge >= 0.3 is 0 Å². The molecule has 0 aromatic rings. The van der Waals surface area contributed by atoms with Crippen molar-refractivity contribution in [1.29, 1.82) is 0 Å². The minimum atomic E-state index is 1.18. The topological polar surface area (TPSA) is 12.0 Å². The van der Waals surface area contributed by atoms with Crippen molar-refractivity contribution >= 4 is 15.9 Å². The fraction of sp³-hybridized carbons (Fsp3) is 1.00. The lowest BCUT2D eigenvalue weighted by Gasteiger charge is -2.00. The molecule has 0 fully saturated rings. The van der Waals surface area contributed by atoms with Crippen LogP contribution in [-0.2, 0) is 0 Å². The summed E-state index contributed by atoms with van der Waals surface area (Å²) in [5, 5.41) is 3.93. The summed E-state index contributed by atoms with van der Waals surface area (Å²) in [4.78, 5) is 0. The Balaban J connectivity index is 0. The quantitative estimate of drug-likeness (QED) is 0.434. The smallest absolute Gasteiger partial charge is 0.00313 e. The van der Waals surface area contributed by atoms with Crippen LogP contribution in [0.3, 0.4) is 0 Å². The lowest BCUT2D eigenvalue weighted by molar-refractivity contribution is 0.563. The zero-order chi connectivity index (χ0) is 12.5. The number of rotatable bonds is 10. The van der Waals surface area contributed by atoms with E-state index in [1.807, 2.05) is 14.1 Å². The number of alkyl halides is 1. The molecule has 0 aliphatic carbocycles. The molecule has 0 radical (unpaired) electrons. The Morgan fingerprint density at radius 1 is 0.688 bits per heavy atom. The van der Waals surface area contributed by atoms with E-state index in [4.69, 9.17) is 0 Å². The third-order valence-electron chi connectivity index (χ3n) is 2.49. The second kappa shape index (κ2) is 20.8. The average Bonchev–Trinajstić information content (AvgIpc) is 2.28. The molecule has 0 heterocycles. The molecule has 0 bridgehead atoms. The Kier molecular flexibility index (Phi) is 24.4. The van der Waals surface area contributed by atoms with Crippen LogP contribution in [0, 0.1) is 0 Å². The molecule has 0 aromatic carbocycles. The van der Waals surface area contributed by atoms with Gasteiger partial charge < -0.3 is 5.32 Å². The Bertz CT molecular complexity index is 86.7. The van der Waals surface area contributed by atoms with E-state index >= 15 is 0 Å². The highest BCUT2D eigenvalue weighted by molar-refractivity contribution is 9.09. The molecule has 1 N–H and O–H groups in total. The molecule has 0 spiro atoms. The van der Waals surface area contributed by atoms with E-state index in [1.54, 1.807) is 0 Å². The van der Waals surface area contributed by atoms with E-state index in [2.05, 4.69) is 28.2 Å². The van der Waals surface area contributed by atoms with Gasteiger partial charge in [0.1, 0.15) is 0 Å². The van der Waals surface area contributed by atoms with Crippen molar-refractivity contribution in [3.8, 4) is 0 Å². The van der Waals surface area contributed by atoms with Crippen LogP contribution in [0.4, 0.5) is 0 Å². The number of nitrogens with one attached hydrogen (secondary N) is 1. The highest BCUT2D eigenvalue weighted by Gasteiger charge is 1.91. The van der Waals surface area contributed by atoms with E-state index in [0.717, 1.165) is 0 Å². The van der Waals surface area contributed by atoms with Gasteiger partial charge in [0.15, 0.2) is 0 Å². The fourth-order valence-electron chi connectivity index (χ4n) is 1.58. The van der Waals surface area contributed by atoms with Crippen LogP contribution in [0.15, 0.2) is 0 Å². The van der Waals surface area contributed by atoms with E-state index in [0.29, 0.717) is 0 Å². The average molecular weight is 294 g/mol. The van der Waals surface area contributed by atoms with Crippen molar-refractivity contribution in [3.63, 3.8) is 0 Å². The van der Waals surface area contributed by atoms with Gasteiger partial charge in [0.25, 0.3) is 0 Å². The molecule has 100 valence electrons. The first-order chi connectivity index (χ1) is 7.83. The van der Waals surface area contributed by atoms with Gasteiger partial charge in [0.05, 0.1) is 0 Å². The summed E-state index contributed by atoms with van der Waals surface area (Å²) >= 11 is 3.46. The van der Waals surface area contributed by atoms with Crippen molar-refractivity contribution < 1.29 is 0 Å². The maximum absolute atomic E-state index is 3.46. The van der Waals surface area contributed by atoms with Crippen LogP contribution in [0.5, 0.6) is 0 Å². The predicted octanol–water partition coefficient (Wildman–Crippen LogP) is 5.14. The van der Waals surface area contributed by atoms with Crippen LogP contribution >= 0.6 is 15.9 Å². The highest BCUT2D eigenvalue weighted by atomic mass is 79.9. The van der Waals surface area contributed by atoms with Crippen molar-refractivity contribution in [2.75, 3.05) is 19.4 Å². The molecule has 0 amide bonds. The van der Waals surface area contributed by atoms with Crippen LogP contribution < -0.4 is 5.32 Å². The van der Waals surface area contributed by atoms with Crippen LogP contribution in [0.25, 0.3) is 0 Å². The predicted molar refractivity (Wildman–Crippen MR) is 80.6 cm³/mol. The second-order valence-corrected chi connectivity index (χ2v) is 5.16. The lowest BCUT2D eigenvalue weighted by atomic mass is 10.1. The first-order valence-corrected chi connectivity index (χ1v) is 8.10. The highest BCUT2D eigenvalue weighted by Crippen LogP contribution is 2.10. The molecular weight excluding hydrogens is 262 g/mol. The van der Waals surface area contributed by atoms with Gasteiger partial charge in [-0.3, -0.25) is 0 Å². The van der Waals surface area contributed by atoms with Crippen molar-refractivity contribution in [3.05, 3.63) is 0 Å². The fourth-order valence-corrected chi connectivity index (χ4v) is 1.98. The molecule has 1 nitrogen and oxygen atoms in total. The summed E-state index contributed by atoms with van der Waals surface area (Å²) in [6.45, 7) is 2.28. The van der Waals surface area contributed by atoms with E-state index < -0.39 is 0 Å². The minimum absolute atomic E-state index is 1.18. The van der Waals surface area contributed by atoms with Gasteiger partial charge in [-0.15, -0.1) is 0 Å². The molecule has 0 saturated heterocycles. The van der Waals surface area contributed by atoms with Crippen LogP contribution in [0.1, 0.15) is 71.1 Å². The summed E-state index contributed by atoms with van der Waals surface area (Å²) < 4.78 is 0. The summed E-state index contributed by atoms with van der Waals surface area (Å²) in [5.41, 5.74) is 0. The number of halogens is 1. The molecule has 0 saturated carbocycles. The maximum atomic E-state index is 3.46. The van der Waals surface area contributed by atoms with E-state index in [1.165, 1.54) is 69.5 Å². The largest absolute Gasteiger partial charge is 0.323 e. The third kappa shape index (κ3) is 23.9. The summed E-state index contributed by atoms with van der Waals surface area (Å²) in [7, 11) is 3.75. The molecule has 0 atom stereocenters. The van der Waals surface area contributed by atoms with Crippen molar-refractivity contribution in [2.45, 2.75) is 71.1 Å². The summed E-state index contributed by atoms with van der Waals surface area (Å²) in [5.74, 6) is 0. The zero-order valence-electron chi connectivity index (χ0n) is 11.7. The second-order valence-electron chi connectivity index (χ2n) is 4.37. The molecule has 0 aliphatic heterocycles. The van der Waals surface area contributed by atoms with Gasteiger partial charge in [-0.1, -0.05) is 80.6 Å². The van der Waals surface area contributed by atoms with Gasteiger partial charge in [-0.05, 0) is 20.5 Å². The molecule has 16 heavy (non-hydrogen) atoms. The van der Waals surface area contributed by atoms with Gasteiger partial charge in [0, 0.05) is 5.33 Å². The zero-order valence-corrected chi connectivity index (χ0v) is 13.2. The van der Waals surface area contributed by atoms with Gasteiger partial charge in [-0.2, -0.15) is 0 Å². The van der Waals surface area contributed by atoms with E-state index in [-0.39, 0.29) is 0 Å². The Labute approximate surface area is 112 Å². The molecule has 0 aliphatic rings. The first-order valence-electron chi connectivity index (χ1n) is 6.97. The van der Waals surface area contributed by atoms with Crippen LogP contribution in [0.2, 0.25) is 0 Å². The summed E-state index contributed by atoms with van der Waals surface area (Å²) in [6, 6.07) is 0. The first kappa shape index (κ1) is 18.8. The maximum Gasteiger partial charge on any atom is 0.00313 e. The molecule has 2 heteroatoms. The number of hydrogen-bond donors (Lipinski definition) is 1. The standard InChI is InChI=1S/C12H25Br.C2H7N/c1-2-3-4-5-6-7-8-9-10-11-12-13;1-3-2/h2-12H2,1H3;3H,1-2H3.